The van der Waals surface area contributed by atoms with Crippen LogP contribution in [0.2, 0.25) is 0 Å². The van der Waals surface area contributed by atoms with Crippen molar-refractivity contribution in [3.05, 3.63) is 23.8 Å². The molecule has 3 rings (SSSR count). The van der Waals surface area contributed by atoms with E-state index in [1.807, 2.05) is 30.0 Å². The van der Waals surface area contributed by atoms with Gasteiger partial charge in [-0.15, -0.1) is 0 Å². The van der Waals surface area contributed by atoms with Gasteiger partial charge in [-0.25, -0.2) is 4.79 Å². The van der Waals surface area contributed by atoms with Gasteiger partial charge in [-0.3, -0.25) is 0 Å². The van der Waals surface area contributed by atoms with Gasteiger partial charge in [0.15, 0.2) is 0 Å². The molecule has 1 heterocycles. The highest BCUT2D eigenvalue weighted by Crippen LogP contribution is 2.29. The number of nitrogens with zero attached hydrogens (tertiary/aromatic N) is 2. The zero-order valence-electron chi connectivity index (χ0n) is 18.3. The highest BCUT2D eigenvalue weighted by atomic mass is 16.5. The Bertz CT molecular complexity index is 661. The van der Waals surface area contributed by atoms with Crippen LogP contribution in [0.5, 0.6) is 11.5 Å². The number of carbonyl (C=O) groups is 1. The molecule has 1 atom stereocenters. The molecule has 1 saturated carbocycles. The van der Waals surface area contributed by atoms with E-state index in [0.717, 1.165) is 55.6 Å². The molecule has 0 spiro atoms. The summed E-state index contributed by atoms with van der Waals surface area (Å²) >= 11 is 0. The third kappa shape index (κ3) is 6.01. The van der Waals surface area contributed by atoms with Crippen LogP contribution in [0.3, 0.4) is 0 Å². The minimum atomic E-state index is -0.158. The summed E-state index contributed by atoms with van der Waals surface area (Å²) in [5.74, 6) is 2.37. The van der Waals surface area contributed by atoms with Crippen LogP contribution in [0.15, 0.2) is 18.2 Å². The first-order valence-corrected chi connectivity index (χ1v) is 11.1. The van der Waals surface area contributed by atoms with Crippen molar-refractivity contribution in [1.29, 1.82) is 0 Å². The maximum Gasteiger partial charge on any atom is 0.317 e. The summed E-state index contributed by atoms with van der Waals surface area (Å²) in [6.45, 7) is 6.87. The number of carbonyl (C=O) groups excluding carboxylic acids is 1. The van der Waals surface area contributed by atoms with Crippen LogP contribution in [0, 0.1) is 5.92 Å². The summed E-state index contributed by atoms with van der Waals surface area (Å²) in [6.07, 6.45) is 7.97. The first-order chi connectivity index (χ1) is 14.1. The molecule has 6 heteroatoms. The van der Waals surface area contributed by atoms with E-state index >= 15 is 0 Å². The van der Waals surface area contributed by atoms with Crippen LogP contribution >= 0.6 is 0 Å². The van der Waals surface area contributed by atoms with Gasteiger partial charge in [-0.2, -0.15) is 0 Å². The van der Waals surface area contributed by atoms with Crippen molar-refractivity contribution in [3.8, 4) is 11.5 Å². The number of nitrogens with one attached hydrogen (secondary N) is 1. The predicted octanol–water partition coefficient (Wildman–Crippen LogP) is 4.06. The molecule has 1 saturated heterocycles. The van der Waals surface area contributed by atoms with E-state index < -0.39 is 0 Å². The fraction of sp³-hybridized carbons (Fsp3) is 0.696. The Hall–Kier alpha value is -1.95. The van der Waals surface area contributed by atoms with Gasteiger partial charge in [0.05, 0.1) is 20.3 Å². The number of methoxy groups -OCH3 is 2. The minimum Gasteiger partial charge on any atom is -0.497 e. The molecule has 1 aromatic rings. The van der Waals surface area contributed by atoms with Gasteiger partial charge in [0.1, 0.15) is 11.5 Å². The lowest BCUT2D eigenvalue weighted by Gasteiger charge is -2.29. The van der Waals surface area contributed by atoms with Crippen LogP contribution in [0.1, 0.15) is 57.1 Å². The topological polar surface area (TPSA) is 54.0 Å². The number of ether oxygens (including phenoxy) is 2. The number of hydrogen-bond donors (Lipinski definition) is 1. The van der Waals surface area contributed by atoms with Gasteiger partial charge in [0.2, 0.25) is 0 Å². The van der Waals surface area contributed by atoms with E-state index in [2.05, 4.69) is 10.2 Å². The van der Waals surface area contributed by atoms with Crippen molar-refractivity contribution < 1.29 is 14.3 Å². The van der Waals surface area contributed by atoms with Crippen molar-refractivity contribution in [1.82, 2.24) is 15.1 Å². The molecule has 2 aliphatic rings. The molecule has 0 bridgehead atoms. The van der Waals surface area contributed by atoms with Crippen molar-refractivity contribution in [3.63, 3.8) is 0 Å². The average molecular weight is 404 g/mol. The Morgan fingerprint density at radius 1 is 1.07 bits per heavy atom. The third-order valence-electron chi connectivity index (χ3n) is 6.36. The zero-order chi connectivity index (χ0) is 20.6. The summed E-state index contributed by atoms with van der Waals surface area (Å²) in [5, 5.41) is 3.15. The molecule has 1 aliphatic carbocycles. The molecule has 29 heavy (non-hydrogen) atoms. The lowest BCUT2D eigenvalue weighted by atomic mass is 9.89. The molecule has 0 aromatic heterocycles. The summed E-state index contributed by atoms with van der Waals surface area (Å²) in [4.78, 5) is 17.4. The molecule has 0 radical (unpaired) electrons. The Labute approximate surface area is 175 Å². The van der Waals surface area contributed by atoms with E-state index in [0.29, 0.717) is 0 Å². The SMILES string of the molecule is COc1ccc(OC)c([C@@H](C)NC(=O)N2CCCN(CC3CCCCC3)CC2)c1. The number of amides is 2. The van der Waals surface area contributed by atoms with Crippen molar-refractivity contribution >= 4 is 6.03 Å². The second kappa shape index (κ2) is 10.7. The molecule has 0 unspecified atom stereocenters. The van der Waals surface area contributed by atoms with Crippen LogP contribution < -0.4 is 14.8 Å². The van der Waals surface area contributed by atoms with Crippen LogP contribution in [0.4, 0.5) is 4.79 Å². The molecular weight excluding hydrogens is 366 g/mol. The molecule has 1 aromatic carbocycles. The normalized spacial score (nSPS) is 20.0. The average Bonchev–Trinajstić information content (AvgIpc) is 2.99. The molecule has 1 aliphatic heterocycles. The number of urea groups is 1. The molecule has 1 N–H and O–H groups in total. The largest absolute Gasteiger partial charge is 0.497 e. The van der Waals surface area contributed by atoms with Gasteiger partial charge >= 0.3 is 6.03 Å². The maximum atomic E-state index is 12.9. The highest BCUT2D eigenvalue weighted by molar-refractivity contribution is 5.75. The van der Waals surface area contributed by atoms with E-state index in [9.17, 15) is 4.79 Å². The van der Waals surface area contributed by atoms with E-state index in [-0.39, 0.29) is 12.1 Å². The Balaban J connectivity index is 1.54. The summed E-state index contributed by atoms with van der Waals surface area (Å²) < 4.78 is 10.8. The van der Waals surface area contributed by atoms with Gasteiger partial charge in [0.25, 0.3) is 0 Å². The zero-order valence-corrected chi connectivity index (χ0v) is 18.3. The number of rotatable bonds is 6. The van der Waals surface area contributed by atoms with Gasteiger partial charge < -0.3 is 24.6 Å². The van der Waals surface area contributed by atoms with Gasteiger partial charge in [-0.1, -0.05) is 19.3 Å². The maximum absolute atomic E-state index is 12.9. The number of benzene rings is 1. The summed E-state index contributed by atoms with van der Waals surface area (Å²) in [5.41, 5.74) is 0.925. The van der Waals surface area contributed by atoms with Crippen LogP contribution in [-0.2, 0) is 0 Å². The molecule has 2 fully saturated rings. The lowest BCUT2D eigenvalue weighted by molar-refractivity contribution is 0.187. The standard InChI is InChI=1S/C23H37N3O3/c1-18(21-16-20(28-2)10-11-22(21)29-3)24-23(27)26-13-7-12-25(14-15-26)17-19-8-5-4-6-9-19/h10-11,16,18-19H,4-9,12-15,17H2,1-3H3,(H,24,27)/t18-/m1/s1. The lowest BCUT2D eigenvalue weighted by Crippen LogP contribution is -2.43. The Morgan fingerprint density at radius 2 is 1.86 bits per heavy atom. The van der Waals surface area contributed by atoms with E-state index in [4.69, 9.17) is 9.47 Å². The van der Waals surface area contributed by atoms with Crippen LogP contribution in [0.25, 0.3) is 0 Å². The van der Waals surface area contributed by atoms with Crippen molar-refractivity contribution in [2.75, 3.05) is 46.9 Å². The second-order valence-corrected chi connectivity index (χ2v) is 8.42. The van der Waals surface area contributed by atoms with Crippen molar-refractivity contribution in [2.24, 2.45) is 5.92 Å². The van der Waals surface area contributed by atoms with E-state index in [1.165, 1.54) is 38.6 Å². The fourth-order valence-electron chi connectivity index (χ4n) is 4.62. The molecule has 2 amide bonds. The molecule has 162 valence electrons. The van der Waals surface area contributed by atoms with E-state index in [1.54, 1.807) is 14.2 Å². The van der Waals surface area contributed by atoms with Gasteiger partial charge in [-0.05, 0) is 56.8 Å². The molecule has 6 nitrogen and oxygen atoms in total. The summed E-state index contributed by atoms with van der Waals surface area (Å²) in [7, 11) is 3.29. The highest BCUT2D eigenvalue weighted by Gasteiger charge is 2.24. The van der Waals surface area contributed by atoms with Crippen LogP contribution in [-0.4, -0.2) is 62.8 Å². The molecular formula is C23H37N3O3. The monoisotopic (exact) mass is 403 g/mol. The van der Waals surface area contributed by atoms with Gasteiger partial charge in [0, 0.05) is 31.7 Å². The minimum absolute atomic E-state index is 0.00175. The fourth-order valence-corrected chi connectivity index (χ4v) is 4.62. The predicted molar refractivity (Wildman–Crippen MR) is 116 cm³/mol. The summed E-state index contributed by atoms with van der Waals surface area (Å²) in [6, 6.07) is 5.52. The Morgan fingerprint density at radius 3 is 2.59 bits per heavy atom. The number of hydrogen-bond acceptors (Lipinski definition) is 4. The van der Waals surface area contributed by atoms with Crippen molar-refractivity contribution in [2.45, 2.75) is 51.5 Å². The first kappa shape index (κ1) is 21.8. The third-order valence-corrected chi connectivity index (χ3v) is 6.36. The first-order valence-electron chi connectivity index (χ1n) is 11.1. The Kier molecular flexibility index (Phi) is 8.04. The second-order valence-electron chi connectivity index (χ2n) is 8.42. The smallest absolute Gasteiger partial charge is 0.317 e. The quantitative estimate of drug-likeness (QED) is 0.778.